The summed E-state index contributed by atoms with van der Waals surface area (Å²) in [6.07, 6.45) is 6.60. The molecule has 1 spiro atoms. The normalized spacial score (nSPS) is 25.0. The number of fused-ring (bicyclic) bond motifs is 1. The molecule has 0 saturated heterocycles. The van der Waals surface area contributed by atoms with E-state index in [9.17, 15) is 4.79 Å². The minimum Gasteiger partial charge on any atom is -0.294 e. The van der Waals surface area contributed by atoms with Crippen molar-refractivity contribution in [2.75, 3.05) is 0 Å². The summed E-state index contributed by atoms with van der Waals surface area (Å²) in [5.41, 5.74) is 4.67. The number of Topliss-reactive ketones (excluding diaryl/α,β-unsaturated/α-hetero) is 1. The summed E-state index contributed by atoms with van der Waals surface area (Å²) in [4.78, 5) is 13.2. The van der Waals surface area contributed by atoms with Crippen molar-refractivity contribution >= 4 is 5.78 Å². The second-order valence-electron chi connectivity index (χ2n) is 7.70. The van der Waals surface area contributed by atoms with Crippen LogP contribution in [0.4, 0.5) is 0 Å². The summed E-state index contributed by atoms with van der Waals surface area (Å²) >= 11 is 0. The lowest BCUT2D eigenvalue weighted by atomic mass is 9.67. The van der Waals surface area contributed by atoms with E-state index in [-0.39, 0.29) is 5.41 Å². The molecule has 0 amide bonds. The van der Waals surface area contributed by atoms with Crippen molar-refractivity contribution in [1.82, 2.24) is 0 Å². The van der Waals surface area contributed by atoms with Crippen molar-refractivity contribution in [3.8, 4) is 17.2 Å². The molecule has 0 aromatic heterocycles. The Bertz CT molecular complexity index is 866. The summed E-state index contributed by atoms with van der Waals surface area (Å²) < 4.78 is 0. The smallest absolute Gasteiger partial charge is 0.169 e. The van der Waals surface area contributed by atoms with Crippen LogP contribution in [0.1, 0.15) is 60.5 Å². The van der Waals surface area contributed by atoms with Crippen molar-refractivity contribution in [2.24, 2.45) is 11.3 Å². The number of nitriles is 1. The number of rotatable bonds is 2. The van der Waals surface area contributed by atoms with Crippen LogP contribution in [-0.4, -0.2) is 5.78 Å². The molecule has 1 saturated carbocycles. The van der Waals surface area contributed by atoms with Crippen LogP contribution in [0.2, 0.25) is 0 Å². The Morgan fingerprint density at radius 3 is 2.60 bits per heavy atom. The average molecular weight is 329 g/mol. The van der Waals surface area contributed by atoms with E-state index < -0.39 is 0 Å². The number of carbonyl (C=O) groups excluding carboxylic acids is 1. The first-order valence-electron chi connectivity index (χ1n) is 9.33. The molecule has 0 unspecified atom stereocenters. The molecule has 0 atom stereocenters. The molecular formula is C23H23NO. The second-order valence-corrected chi connectivity index (χ2v) is 7.70. The van der Waals surface area contributed by atoms with Crippen LogP contribution in [0.5, 0.6) is 0 Å². The fourth-order valence-corrected chi connectivity index (χ4v) is 4.66. The van der Waals surface area contributed by atoms with E-state index in [1.165, 1.54) is 24.8 Å². The molecule has 4 rings (SSSR count). The summed E-state index contributed by atoms with van der Waals surface area (Å²) in [6.45, 7) is 2.26. The number of hydrogen-bond donors (Lipinski definition) is 0. The summed E-state index contributed by atoms with van der Waals surface area (Å²) in [5.74, 6) is 1.15. The lowest BCUT2D eigenvalue weighted by molar-refractivity contribution is 0.0703. The van der Waals surface area contributed by atoms with E-state index in [1.54, 1.807) is 0 Å². The molecule has 2 heteroatoms. The van der Waals surface area contributed by atoms with Crippen LogP contribution < -0.4 is 0 Å². The SMILES string of the molecule is CCC1CCC2(CC1)Cc1ccc(-c3cccc(C#N)c3)cc1C2=O. The maximum Gasteiger partial charge on any atom is 0.169 e. The van der Waals surface area contributed by atoms with Crippen molar-refractivity contribution in [2.45, 2.75) is 45.4 Å². The molecule has 126 valence electrons. The lowest BCUT2D eigenvalue weighted by Crippen LogP contribution is -2.33. The van der Waals surface area contributed by atoms with E-state index >= 15 is 0 Å². The molecule has 0 aliphatic heterocycles. The molecule has 2 nitrogen and oxygen atoms in total. The Morgan fingerprint density at radius 2 is 1.88 bits per heavy atom. The predicted molar refractivity (Wildman–Crippen MR) is 99.3 cm³/mol. The monoisotopic (exact) mass is 329 g/mol. The van der Waals surface area contributed by atoms with Crippen LogP contribution in [0.15, 0.2) is 42.5 Å². The Labute approximate surface area is 149 Å². The third-order valence-corrected chi connectivity index (χ3v) is 6.33. The maximum absolute atomic E-state index is 13.2. The molecule has 2 aliphatic rings. The van der Waals surface area contributed by atoms with Crippen LogP contribution in [0, 0.1) is 22.7 Å². The van der Waals surface area contributed by atoms with Gasteiger partial charge in [-0.25, -0.2) is 0 Å². The van der Waals surface area contributed by atoms with Crippen molar-refractivity contribution in [3.63, 3.8) is 0 Å². The van der Waals surface area contributed by atoms with Gasteiger partial charge in [-0.1, -0.05) is 37.6 Å². The highest BCUT2D eigenvalue weighted by molar-refractivity contribution is 6.05. The number of carbonyl (C=O) groups is 1. The topological polar surface area (TPSA) is 40.9 Å². The van der Waals surface area contributed by atoms with Gasteiger partial charge in [-0.3, -0.25) is 4.79 Å². The Hall–Kier alpha value is -2.40. The summed E-state index contributed by atoms with van der Waals surface area (Å²) in [5, 5.41) is 9.11. The first kappa shape index (κ1) is 16.1. The first-order chi connectivity index (χ1) is 12.1. The van der Waals surface area contributed by atoms with Gasteiger partial charge in [0.05, 0.1) is 11.6 Å². The molecule has 25 heavy (non-hydrogen) atoms. The quantitative estimate of drug-likeness (QED) is 0.724. The molecule has 2 aromatic rings. The summed E-state index contributed by atoms with van der Waals surface area (Å²) in [7, 11) is 0. The fourth-order valence-electron chi connectivity index (χ4n) is 4.66. The molecule has 2 aliphatic carbocycles. The van der Waals surface area contributed by atoms with Crippen LogP contribution in [0.25, 0.3) is 11.1 Å². The molecule has 0 heterocycles. The Kier molecular flexibility index (Phi) is 3.96. The zero-order valence-electron chi connectivity index (χ0n) is 14.7. The van der Waals surface area contributed by atoms with Gasteiger partial charge < -0.3 is 0 Å². The van der Waals surface area contributed by atoms with Crippen LogP contribution >= 0.6 is 0 Å². The van der Waals surface area contributed by atoms with E-state index in [0.29, 0.717) is 11.3 Å². The predicted octanol–water partition coefficient (Wildman–Crippen LogP) is 5.55. The highest BCUT2D eigenvalue weighted by Gasteiger charge is 2.46. The number of hydrogen-bond acceptors (Lipinski definition) is 2. The molecule has 1 fully saturated rings. The van der Waals surface area contributed by atoms with Crippen molar-refractivity contribution in [1.29, 1.82) is 5.26 Å². The maximum atomic E-state index is 13.2. The molecule has 0 bridgehead atoms. The minimum absolute atomic E-state index is 0.138. The van der Waals surface area contributed by atoms with Gasteiger partial charge >= 0.3 is 0 Å². The third kappa shape index (κ3) is 2.68. The minimum atomic E-state index is -0.138. The van der Waals surface area contributed by atoms with Gasteiger partial charge in [0.15, 0.2) is 5.78 Å². The summed E-state index contributed by atoms with van der Waals surface area (Å²) in [6, 6.07) is 16.1. The van der Waals surface area contributed by atoms with Gasteiger partial charge in [-0.05, 0) is 72.9 Å². The zero-order chi connectivity index (χ0) is 17.4. The standard InChI is InChI=1S/C23H23NO/c1-2-16-8-10-23(11-9-16)14-20-7-6-19(13-21(20)22(23)25)18-5-3-4-17(12-18)15-24/h3-7,12-13,16H,2,8-11,14H2,1H3. The van der Waals surface area contributed by atoms with Crippen molar-refractivity contribution < 1.29 is 4.79 Å². The third-order valence-electron chi connectivity index (χ3n) is 6.33. The van der Waals surface area contributed by atoms with Gasteiger partial charge in [-0.2, -0.15) is 5.26 Å². The van der Waals surface area contributed by atoms with Crippen molar-refractivity contribution in [3.05, 3.63) is 59.2 Å². The highest BCUT2D eigenvalue weighted by Crippen LogP contribution is 2.49. The van der Waals surface area contributed by atoms with Gasteiger partial charge in [0.1, 0.15) is 0 Å². The number of benzene rings is 2. The molecular weight excluding hydrogens is 306 g/mol. The van der Waals surface area contributed by atoms with Gasteiger partial charge in [0.25, 0.3) is 0 Å². The molecule has 0 radical (unpaired) electrons. The zero-order valence-corrected chi connectivity index (χ0v) is 14.7. The second kappa shape index (κ2) is 6.15. The lowest BCUT2D eigenvalue weighted by Gasteiger charge is -2.35. The molecule has 2 aromatic carbocycles. The molecule has 0 N–H and O–H groups in total. The number of nitrogens with zero attached hydrogens (tertiary/aromatic N) is 1. The van der Waals surface area contributed by atoms with E-state index in [4.69, 9.17) is 5.26 Å². The van der Waals surface area contributed by atoms with E-state index in [2.05, 4.69) is 31.2 Å². The van der Waals surface area contributed by atoms with Gasteiger partial charge in [-0.15, -0.1) is 0 Å². The van der Waals surface area contributed by atoms with Crippen LogP contribution in [0.3, 0.4) is 0 Å². The van der Waals surface area contributed by atoms with Gasteiger partial charge in [0.2, 0.25) is 0 Å². The Balaban J connectivity index is 1.66. The first-order valence-corrected chi connectivity index (χ1v) is 9.33. The fraction of sp³-hybridized carbons (Fsp3) is 0.391. The van der Waals surface area contributed by atoms with Crippen LogP contribution in [-0.2, 0) is 6.42 Å². The van der Waals surface area contributed by atoms with E-state index in [1.807, 2.05) is 24.3 Å². The largest absolute Gasteiger partial charge is 0.294 e. The van der Waals surface area contributed by atoms with E-state index in [0.717, 1.165) is 41.9 Å². The average Bonchev–Trinajstić information content (AvgIpc) is 2.94. The Morgan fingerprint density at radius 1 is 1.12 bits per heavy atom. The van der Waals surface area contributed by atoms with Gasteiger partial charge in [0, 0.05) is 11.0 Å². The number of ketones is 1. The highest BCUT2D eigenvalue weighted by atomic mass is 16.1.